The minimum absolute atomic E-state index is 0.638. The fourth-order valence-electron chi connectivity index (χ4n) is 1.97. The first kappa shape index (κ1) is 9.78. The number of nitrogens with two attached hydrogens (primary N) is 2. The van der Waals surface area contributed by atoms with Crippen molar-refractivity contribution in [2.24, 2.45) is 0 Å². The zero-order chi connectivity index (χ0) is 11.8. The number of hydrogen-bond acceptors (Lipinski definition) is 3. The molecule has 3 rings (SSSR count). The van der Waals surface area contributed by atoms with E-state index >= 15 is 0 Å². The summed E-state index contributed by atoms with van der Waals surface area (Å²) in [7, 11) is 0. The molecule has 4 N–H and O–H groups in total. The number of benzene rings is 2. The van der Waals surface area contributed by atoms with Crippen molar-refractivity contribution in [3.8, 4) is 11.3 Å². The smallest absolute Gasteiger partial charge is 0.160 e. The molecule has 0 aliphatic heterocycles. The zero-order valence-corrected chi connectivity index (χ0v) is 9.18. The molecule has 0 atom stereocenters. The van der Waals surface area contributed by atoms with Gasteiger partial charge in [0.25, 0.3) is 0 Å². The van der Waals surface area contributed by atoms with Gasteiger partial charge in [0.2, 0.25) is 0 Å². The van der Waals surface area contributed by atoms with Gasteiger partial charge in [-0.2, -0.15) is 0 Å². The standard InChI is InChI=1S/C14H12N2O/c15-11-7-3-1-5-9(11)14-13(16)10-6-2-4-8-12(10)17-14/h1-8H,15-16H2. The van der Waals surface area contributed by atoms with E-state index in [1.807, 2.05) is 48.5 Å². The Labute approximate surface area is 98.6 Å². The Morgan fingerprint density at radius 2 is 1.53 bits per heavy atom. The summed E-state index contributed by atoms with van der Waals surface area (Å²) >= 11 is 0. The van der Waals surface area contributed by atoms with E-state index in [9.17, 15) is 0 Å². The van der Waals surface area contributed by atoms with Crippen LogP contribution in [-0.2, 0) is 0 Å². The molecule has 0 saturated carbocycles. The molecular formula is C14H12N2O. The van der Waals surface area contributed by atoms with Gasteiger partial charge in [-0.05, 0) is 24.3 Å². The Hall–Kier alpha value is -2.42. The first-order chi connectivity index (χ1) is 8.27. The highest BCUT2D eigenvalue weighted by Crippen LogP contribution is 2.37. The van der Waals surface area contributed by atoms with Crippen molar-refractivity contribution in [3.63, 3.8) is 0 Å². The van der Waals surface area contributed by atoms with E-state index in [1.165, 1.54) is 0 Å². The molecule has 2 aromatic carbocycles. The molecule has 84 valence electrons. The molecule has 1 heterocycles. The molecule has 17 heavy (non-hydrogen) atoms. The third kappa shape index (κ3) is 1.44. The van der Waals surface area contributed by atoms with Crippen LogP contribution in [-0.4, -0.2) is 0 Å². The number of rotatable bonds is 1. The fraction of sp³-hybridized carbons (Fsp3) is 0. The number of nitrogen functional groups attached to an aromatic ring is 2. The SMILES string of the molecule is Nc1ccccc1-c1oc2ccccc2c1N. The highest BCUT2D eigenvalue weighted by Gasteiger charge is 2.14. The molecule has 0 saturated heterocycles. The van der Waals surface area contributed by atoms with Crippen LogP contribution >= 0.6 is 0 Å². The maximum atomic E-state index is 6.09. The van der Waals surface area contributed by atoms with Crippen LogP contribution < -0.4 is 11.5 Å². The van der Waals surface area contributed by atoms with E-state index in [0.717, 1.165) is 16.5 Å². The van der Waals surface area contributed by atoms with Gasteiger partial charge in [-0.1, -0.05) is 24.3 Å². The van der Waals surface area contributed by atoms with E-state index in [-0.39, 0.29) is 0 Å². The molecule has 0 amide bonds. The lowest BCUT2D eigenvalue weighted by molar-refractivity contribution is 0.633. The van der Waals surface area contributed by atoms with Crippen LogP contribution in [0.5, 0.6) is 0 Å². The molecule has 0 aliphatic carbocycles. The topological polar surface area (TPSA) is 65.2 Å². The second-order valence-corrected chi connectivity index (χ2v) is 3.93. The van der Waals surface area contributed by atoms with E-state index in [0.29, 0.717) is 17.1 Å². The van der Waals surface area contributed by atoms with Crippen LogP contribution in [0.4, 0.5) is 11.4 Å². The molecular weight excluding hydrogens is 212 g/mol. The molecule has 1 aromatic heterocycles. The summed E-state index contributed by atoms with van der Waals surface area (Å²) in [5, 5.41) is 0.922. The predicted octanol–water partition coefficient (Wildman–Crippen LogP) is 3.26. The minimum atomic E-state index is 0.638. The Kier molecular flexibility index (Phi) is 2.05. The summed E-state index contributed by atoms with van der Waals surface area (Å²) in [5.74, 6) is 0.643. The highest BCUT2D eigenvalue weighted by atomic mass is 16.3. The first-order valence-electron chi connectivity index (χ1n) is 5.39. The Morgan fingerprint density at radius 1 is 0.824 bits per heavy atom. The lowest BCUT2D eigenvalue weighted by atomic mass is 10.1. The van der Waals surface area contributed by atoms with Gasteiger partial charge in [0.05, 0.1) is 5.69 Å². The lowest BCUT2D eigenvalue weighted by Gasteiger charge is -2.02. The second-order valence-electron chi connectivity index (χ2n) is 3.93. The lowest BCUT2D eigenvalue weighted by Crippen LogP contribution is -1.91. The predicted molar refractivity (Wildman–Crippen MR) is 70.5 cm³/mol. The number of furan rings is 1. The number of fused-ring (bicyclic) bond motifs is 1. The van der Waals surface area contributed by atoms with E-state index in [4.69, 9.17) is 15.9 Å². The van der Waals surface area contributed by atoms with Crippen molar-refractivity contribution in [3.05, 3.63) is 48.5 Å². The molecule has 3 heteroatoms. The van der Waals surface area contributed by atoms with Crippen LogP contribution in [0.2, 0.25) is 0 Å². The summed E-state index contributed by atoms with van der Waals surface area (Å²) in [5.41, 5.74) is 14.9. The molecule has 3 nitrogen and oxygen atoms in total. The Bertz CT molecular complexity index is 686. The van der Waals surface area contributed by atoms with Crippen LogP contribution in [0.25, 0.3) is 22.3 Å². The van der Waals surface area contributed by atoms with Gasteiger partial charge in [0.15, 0.2) is 5.76 Å². The summed E-state index contributed by atoms with van der Waals surface area (Å²) in [6.45, 7) is 0. The molecule has 0 radical (unpaired) electrons. The van der Waals surface area contributed by atoms with Crippen molar-refractivity contribution < 1.29 is 4.42 Å². The second kappa shape index (κ2) is 3.56. The maximum absolute atomic E-state index is 6.09. The van der Waals surface area contributed by atoms with Crippen LogP contribution in [0, 0.1) is 0 Å². The molecule has 3 aromatic rings. The van der Waals surface area contributed by atoms with Crippen molar-refractivity contribution in [1.29, 1.82) is 0 Å². The van der Waals surface area contributed by atoms with Gasteiger partial charge in [-0.3, -0.25) is 0 Å². The van der Waals surface area contributed by atoms with Crippen LogP contribution in [0.15, 0.2) is 52.9 Å². The minimum Gasteiger partial charge on any atom is -0.454 e. The van der Waals surface area contributed by atoms with Crippen LogP contribution in [0.3, 0.4) is 0 Å². The number of para-hydroxylation sites is 2. The fourth-order valence-corrected chi connectivity index (χ4v) is 1.97. The maximum Gasteiger partial charge on any atom is 0.160 e. The van der Waals surface area contributed by atoms with Crippen molar-refractivity contribution >= 4 is 22.3 Å². The largest absolute Gasteiger partial charge is 0.454 e. The van der Waals surface area contributed by atoms with Gasteiger partial charge in [-0.25, -0.2) is 0 Å². The zero-order valence-electron chi connectivity index (χ0n) is 9.18. The number of anilines is 2. The first-order valence-corrected chi connectivity index (χ1v) is 5.39. The van der Waals surface area contributed by atoms with E-state index in [2.05, 4.69) is 0 Å². The summed E-state index contributed by atoms with van der Waals surface area (Å²) in [4.78, 5) is 0. The van der Waals surface area contributed by atoms with Crippen molar-refractivity contribution in [2.75, 3.05) is 11.5 Å². The third-order valence-electron chi connectivity index (χ3n) is 2.84. The quantitative estimate of drug-likeness (QED) is 0.623. The van der Waals surface area contributed by atoms with Gasteiger partial charge < -0.3 is 15.9 Å². The summed E-state index contributed by atoms with van der Waals surface area (Å²) in [6, 6.07) is 15.2. The average Bonchev–Trinajstić information content (AvgIpc) is 2.68. The number of hydrogen-bond donors (Lipinski definition) is 2. The average molecular weight is 224 g/mol. The van der Waals surface area contributed by atoms with Gasteiger partial charge >= 0.3 is 0 Å². The molecule has 0 aliphatic rings. The Balaban J connectivity index is 2.32. The summed E-state index contributed by atoms with van der Waals surface area (Å²) in [6.07, 6.45) is 0. The molecule has 0 fully saturated rings. The Morgan fingerprint density at radius 3 is 2.29 bits per heavy atom. The van der Waals surface area contributed by atoms with Gasteiger partial charge in [0, 0.05) is 16.6 Å². The molecule has 0 unspecified atom stereocenters. The van der Waals surface area contributed by atoms with Crippen molar-refractivity contribution in [1.82, 2.24) is 0 Å². The normalized spacial score (nSPS) is 10.8. The van der Waals surface area contributed by atoms with Gasteiger partial charge in [-0.15, -0.1) is 0 Å². The summed E-state index contributed by atoms with van der Waals surface area (Å²) < 4.78 is 5.76. The molecule has 0 bridgehead atoms. The van der Waals surface area contributed by atoms with E-state index < -0.39 is 0 Å². The van der Waals surface area contributed by atoms with Crippen LogP contribution in [0.1, 0.15) is 0 Å². The van der Waals surface area contributed by atoms with Crippen molar-refractivity contribution in [2.45, 2.75) is 0 Å². The van der Waals surface area contributed by atoms with E-state index in [1.54, 1.807) is 0 Å². The molecule has 0 spiro atoms. The third-order valence-corrected chi connectivity index (χ3v) is 2.84. The highest BCUT2D eigenvalue weighted by molar-refractivity contribution is 5.99. The monoisotopic (exact) mass is 224 g/mol. The van der Waals surface area contributed by atoms with Gasteiger partial charge in [0.1, 0.15) is 5.58 Å².